The van der Waals surface area contributed by atoms with Crippen LogP contribution in [0.15, 0.2) is 0 Å². The lowest BCUT2D eigenvalue weighted by Crippen LogP contribution is -2.46. The minimum absolute atomic E-state index is 0. The maximum Gasteiger partial charge on any atom is 0.326 e. The van der Waals surface area contributed by atoms with E-state index in [9.17, 15) is 19.5 Å². The summed E-state index contributed by atoms with van der Waals surface area (Å²) in [6.07, 6.45) is 6.22. The first-order valence-electron chi connectivity index (χ1n) is 9.80. The highest BCUT2D eigenvalue weighted by Crippen LogP contribution is 2.28. The summed E-state index contributed by atoms with van der Waals surface area (Å²) in [5.74, 6) is 0.0143. The van der Waals surface area contributed by atoms with Crippen LogP contribution in [-0.2, 0) is 14.4 Å². The van der Waals surface area contributed by atoms with Crippen LogP contribution in [0.1, 0.15) is 52.4 Å². The first-order chi connectivity index (χ1) is 12.7. The number of hydrogen-bond acceptors (Lipinski definition) is 5. The molecule has 1 aliphatic carbocycles. The molecule has 0 aliphatic heterocycles. The molecule has 0 spiro atoms. The summed E-state index contributed by atoms with van der Waals surface area (Å²) < 4.78 is 0. The summed E-state index contributed by atoms with van der Waals surface area (Å²) in [7, 11) is 0. The molecular weight excluding hydrogens is 402 g/mol. The largest absolute Gasteiger partial charge is 0.480 e. The fraction of sp³-hybridized carbons (Fsp3) is 0.842. The van der Waals surface area contributed by atoms with Crippen molar-refractivity contribution in [3.8, 4) is 0 Å². The molecule has 0 heterocycles. The highest BCUT2D eigenvalue weighted by atomic mass is 35.5. The van der Waals surface area contributed by atoms with Crippen molar-refractivity contribution in [3.63, 3.8) is 0 Å². The van der Waals surface area contributed by atoms with Crippen LogP contribution in [-0.4, -0.2) is 53.5 Å². The van der Waals surface area contributed by atoms with E-state index in [1.807, 2.05) is 20.1 Å². The Bertz CT molecular complexity index is 500. The number of nitrogens with two attached hydrogens (primary N) is 1. The van der Waals surface area contributed by atoms with Crippen molar-refractivity contribution in [2.75, 3.05) is 18.6 Å². The van der Waals surface area contributed by atoms with E-state index in [1.165, 1.54) is 0 Å². The average molecular weight is 438 g/mol. The lowest BCUT2D eigenvalue weighted by molar-refractivity contribution is -0.143. The van der Waals surface area contributed by atoms with Gasteiger partial charge < -0.3 is 21.5 Å². The van der Waals surface area contributed by atoms with E-state index in [4.69, 9.17) is 5.73 Å². The first-order valence-corrected chi connectivity index (χ1v) is 11.2. The molecule has 7 nitrogen and oxygen atoms in total. The second-order valence-electron chi connectivity index (χ2n) is 7.88. The lowest BCUT2D eigenvalue weighted by atomic mass is 9.81. The lowest BCUT2D eigenvalue weighted by Gasteiger charge is -2.29. The van der Waals surface area contributed by atoms with E-state index in [-0.39, 0.29) is 36.1 Å². The molecule has 1 aliphatic rings. The predicted molar refractivity (Wildman–Crippen MR) is 116 cm³/mol. The second-order valence-corrected chi connectivity index (χ2v) is 8.87. The number of carbonyl (C=O) groups is 3. The number of thioether (sulfide) groups is 1. The molecule has 0 unspecified atom stereocenters. The molecule has 0 aromatic carbocycles. The minimum atomic E-state index is -0.980. The topological polar surface area (TPSA) is 122 Å². The molecule has 9 heteroatoms. The normalized spacial score (nSPS) is 21.3. The summed E-state index contributed by atoms with van der Waals surface area (Å²) in [5, 5.41) is 14.9. The number of halogens is 1. The van der Waals surface area contributed by atoms with Crippen LogP contribution in [0.5, 0.6) is 0 Å². The molecular formula is C19H36ClN3O4S. The molecule has 2 amide bonds. The number of rotatable bonds is 11. The maximum absolute atomic E-state index is 12.4. The van der Waals surface area contributed by atoms with Gasteiger partial charge >= 0.3 is 5.97 Å². The smallest absolute Gasteiger partial charge is 0.326 e. The molecule has 0 aromatic heterocycles. The van der Waals surface area contributed by atoms with Crippen molar-refractivity contribution in [1.29, 1.82) is 0 Å². The van der Waals surface area contributed by atoms with Gasteiger partial charge in [-0.3, -0.25) is 9.59 Å². The van der Waals surface area contributed by atoms with E-state index in [0.29, 0.717) is 25.3 Å². The maximum atomic E-state index is 12.4. The van der Waals surface area contributed by atoms with E-state index >= 15 is 0 Å². The van der Waals surface area contributed by atoms with E-state index in [2.05, 4.69) is 10.6 Å². The van der Waals surface area contributed by atoms with Crippen molar-refractivity contribution in [3.05, 3.63) is 0 Å². The van der Waals surface area contributed by atoms with Crippen molar-refractivity contribution in [2.24, 2.45) is 23.5 Å². The monoisotopic (exact) mass is 437 g/mol. The Balaban J connectivity index is 0.00000729. The van der Waals surface area contributed by atoms with Gasteiger partial charge in [-0.1, -0.05) is 13.8 Å². The van der Waals surface area contributed by atoms with Crippen LogP contribution < -0.4 is 16.4 Å². The molecule has 0 radical (unpaired) electrons. The number of carbonyl (C=O) groups excluding carboxylic acids is 2. The zero-order valence-electron chi connectivity index (χ0n) is 17.1. The first kappa shape index (κ1) is 27.0. The summed E-state index contributed by atoms with van der Waals surface area (Å²) in [6, 6.07) is -1.29. The van der Waals surface area contributed by atoms with Gasteiger partial charge in [0.05, 0.1) is 6.04 Å². The zero-order chi connectivity index (χ0) is 20.4. The highest BCUT2D eigenvalue weighted by Gasteiger charge is 2.30. The van der Waals surface area contributed by atoms with Gasteiger partial charge in [0.25, 0.3) is 0 Å². The zero-order valence-corrected chi connectivity index (χ0v) is 18.7. The van der Waals surface area contributed by atoms with Crippen LogP contribution >= 0.6 is 24.2 Å². The third-order valence-electron chi connectivity index (χ3n) is 5.07. The fourth-order valence-electron chi connectivity index (χ4n) is 3.36. The van der Waals surface area contributed by atoms with E-state index in [1.54, 1.807) is 11.8 Å². The molecule has 1 rings (SSSR count). The predicted octanol–water partition coefficient (Wildman–Crippen LogP) is 2.03. The molecule has 2 atom stereocenters. The quantitative estimate of drug-likeness (QED) is 0.392. The van der Waals surface area contributed by atoms with Crippen molar-refractivity contribution >= 4 is 42.0 Å². The summed E-state index contributed by atoms with van der Waals surface area (Å²) in [6.45, 7) is 4.47. The van der Waals surface area contributed by atoms with Gasteiger partial charge in [-0.25, -0.2) is 4.79 Å². The third kappa shape index (κ3) is 9.98. The molecule has 1 fully saturated rings. The Kier molecular flexibility index (Phi) is 13.6. The van der Waals surface area contributed by atoms with Gasteiger partial charge in [0, 0.05) is 12.5 Å². The van der Waals surface area contributed by atoms with Gasteiger partial charge in [0.1, 0.15) is 6.04 Å². The SMILES string of the molecule is CSCC[C@H](N)C(=O)NCC1CCC(C(=O)N[C@@H](CC(C)C)C(=O)O)CC1.Cl. The van der Waals surface area contributed by atoms with E-state index in [0.717, 1.165) is 31.4 Å². The van der Waals surface area contributed by atoms with Crippen molar-refractivity contribution < 1.29 is 19.5 Å². The number of hydrogen-bond donors (Lipinski definition) is 4. The summed E-state index contributed by atoms with van der Waals surface area (Å²) in [4.78, 5) is 35.7. The van der Waals surface area contributed by atoms with Crippen LogP contribution in [0.2, 0.25) is 0 Å². The van der Waals surface area contributed by atoms with Crippen molar-refractivity contribution in [2.45, 2.75) is 64.5 Å². The Morgan fingerprint density at radius 1 is 1.18 bits per heavy atom. The number of carboxylic acids is 1. The molecule has 164 valence electrons. The van der Waals surface area contributed by atoms with Crippen LogP contribution in [0.4, 0.5) is 0 Å². The van der Waals surface area contributed by atoms with Gasteiger partial charge in [-0.2, -0.15) is 11.8 Å². The van der Waals surface area contributed by atoms with Gasteiger partial charge in [0.15, 0.2) is 0 Å². The summed E-state index contributed by atoms with van der Waals surface area (Å²) in [5.41, 5.74) is 5.86. The number of amides is 2. The van der Waals surface area contributed by atoms with Crippen LogP contribution in [0, 0.1) is 17.8 Å². The highest BCUT2D eigenvalue weighted by molar-refractivity contribution is 7.98. The third-order valence-corrected chi connectivity index (χ3v) is 5.72. The Labute approximate surface area is 178 Å². The molecule has 0 bridgehead atoms. The summed E-state index contributed by atoms with van der Waals surface area (Å²) >= 11 is 1.67. The molecule has 0 saturated heterocycles. The molecule has 5 N–H and O–H groups in total. The van der Waals surface area contributed by atoms with Crippen LogP contribution in [0.25, 0.3) is 0 Å². The standard InChI is InChI=1S/C19H35N3O4S.ClH/c1-12(2)10-16(19(25)26)22-17(23)14-6-4-13(5-7-14)11-21-18(24)15(20)8-9-27-3;/h12-16H,4-11,20H2,1-3H3,(H,21,24)(H,22,23)(H,25,26);1H/t13?,14?,15-,16-;/m0./s1. The molecule has 28 heavy (non-hydrogen) atoms. The molecule has 1 saturated carbocycles. The number of carboxylic acid groups (broad SMARTS) is 1. The van der Waals surface area contributed by atoms with E-state index < -0.39 is 18.1 Å². The van der Waals surface area contributed by atoms with Crippen LogP contribution in [0.3, 0.4) is 0 Å². The Morgan fingerprint density at radius 3 is 2.29 bits per heavy atom. The number of aliphatic carboxylic acids is 1. The fourth-order valence-corrected chi connectivity index (χ4v) is 3.85. The van der Waals surface area contributed by atoms with Crippen molar-refractivity contribution in [1.82, 2.24) is 10.6 Å². The second kappa shape index (κ2) is 14.1. The molecule has 0 aromatic rings. The Morgan fingerprint density at radius 2 is 1.79 bits per heavy atom. The van der Waals surface area contributed by atoms with Gasteiger partial charge in [-0.05, 0) is 62.4 Å². The van der Waals surface area contributed by atoms with Gasteiger partial charge in [0.2, 0.25) is 11.8 Å². The average Bonchev–Trinajstić information content (AvgIpc) is 2.63. The minimum Gasteiger partial charge on any atom is -0.480 e. The number of nitrogens with one attached hydrogen (secondary N) is 2. The Hall–Kier alpha value is -0.990. The van der Waals surface area contributed by atoms with Gasteiger partial charge in [-0.15, -0.1) is 12.4 Å².